The van der Waals surface area contributed by atoms with Gasteiger partial charge in [-0.15, -0.1) is 0 Å². The topological polar surface area (TPSA) is 44.3 Å². The summed E-state index contributed by atoms with van der Waals surface area (Å²) in [5.74, 6) is 3.86. The van der Waals surface area contributed by atoms with E-state index in [0.29, 0.717) is 11.3 Å². The Balaban J connectivity index is 1.23. The highest BCUT2D eigenvalue weighted by Crippen LogP contribution is 2.44. The van der Waals surface area contributed by atoms with Gasteiger partial charge in [-0.05, 0) is 87.3 Å². The van der Waals surface area contributed by atoms with Crippen molar-refractivity contribution in [3.05, 3.63) is 46.6 Å². The first-order valence-electron chi connectivity index (χ1n) is 14.3. The number of piperidine rings is 1. The van der Waals surface area contributed by atoms with E-state index in [2.05, 4.69) is 88.0 Å². The summed E-state index contributed by atoms with van der Waals surface area (Å²) in [7, 11) is 0. The van der Waals surface area contributed by atoms with Crippen LogP contribution in [0.4, 0.5) is 11.8 Å². The van der Waals surface area contributed by atoms with E-state index in [-0.39, 0.29) is 6.04 Å². The van der Waals surface area contributed by atoms with Crippen LogP contribution in [0.25, 0.3) is 0 Å². The van der Waals surface area contributed by atoms with Gasteiger partial charge in [0, 0.05) is 37.4 Å². The summed E-state index contributed by atoms with van der Waals surface area (Å²) in [6.45, 7) is 20.7. The van der Waals surface area contributed by atoms with E-state index in [0.717, 1.165) is 42.7 Å². The molecule has 0 amide bonds. The summed E-state index contributed by atoms with van der Waals surface area (Å²) in [5.41, 5.74) is 5.72. The molecule has 0 bridgehead atoms. The van der Waals surface area contributed by atoms with Crippen LogP contribution in [0.1, 0.15) is 94.5 Å². The molecular weight excluding hydrogens is 442 g/mol. The average molecular weight is 490 g/mol. The molecule has 196 valence electrons. The van der Waals surface area contributed by atoms with Gasteiger partial charge in [-0.3, -0.25) is 0 Å². The molecule has 2 saturated heterocycles. The second kappa shape index (κ2) is 9.96. The number of nitrogens with one attached hydrogen (secondary N) is 1. The fourth-order valence-electron chi connectivity index (χ4n) is 6.87. The number of benzene rings is 1. The van der Waals surface area contributed by atoms with Crippen LogP contribution in [-0.2, 0) is 0 Å². The Morgan fingerprint density at radius 3 is 2.42 bits per heavy atom. The summed E-state index contributed by atoms with van der Waals surface area (Å²) < 4.78 is 0. The van der Waals surface area contributed by atoms with E-state index >= 15 is 0 Å². The second-order valence-corrected chi connectivity index (χ2v) is 13.1. The van der Waals surface area contributed by atoms with Gasteiger partial charge in [-0.2, -0.15) is 4.98 Å². The number of aromatic nitrogens is 2. The zero-order chi connectivity index (χ0) is 25.6. The molecule has 5 rings (SSSR count). The second-order valence-electron chi connectivity index (χ2n) is 13.1. The number of hydrogen-bond donors (Lipinski definition) is 1. The van der Waals surface area contributed by atoms with Gasteiger partial charge in [0.05, 0.1) is 6.04 Å². The van der Waals surface area contributed by atoms with Crippen molar-refractivity contribution in [2.45, 2.75) is 92.2 Å². The molecule has 2 aliphatic heterocycles. The third-order valence-corrected chi connectivity index (χ3v) is 9.11. The minimum absolute atomic E-state index is 0.194. The number of hydrogen-bond acceptors (Lipinski definition) is 5. The number of nitrogens with zero attached hydrogens (tertiary/aromatic N) is 4. The predicted octanol–water partition coefficient (Wildman–Crippen LogP) is 6.73. The quantitative estimate of drug-likeness (QED) is 0.467. The van der Waals surface area contributed by atoms with Crippen molar-refractivity contribution in [1.29, 1.82) is 0 Å². The van der Waals surface area contributed by atoms with Crippen LogP contribution < -0.4 is 10.2 Å². The van der Waals surface area contributed by atoms with Gasteiger partial charge in [0.15, 0.2) is 0 Å². The van der Waals surface area contributed by atoms with Crippen molar-refractivity contribution in [2.24, 2.45) is 17.3 Å². The van der Waals surface area contributed by atoms with Crippen molar-refractivity contribution in [1.82, 2.24) is 14.9 Å². The van der Waals surface area contributed by atoms with Gasteiger partial charge < -0.3 is 15.1 Å². The monoisotopic (exact) mass is 489 g/mol. The van der Waals surface area contributed by atoms with E-state index in [4.69, 9.17) is 9.97 Å². The van der Waals surface area contributed by atoms with Gasteiger partial charge in [0.1, 0.15) is 5.82 Å². The minimum Gasteiger partial charge on any atom is -0.363 e. The Morgan fingerprint density at radius 2 is 1.75 bits per heavy atom. The molecular formula is C31H47N5. The first kappa shape index (κ1) is 25.5. The van der Waals surface area contributed by atoms with Crippen molar-refractivity contribution < 1.29 is 0 Å². The maximum absolute atomic E-state index is 5.08. The van der Waals surface area contributed by atoms with Crippen LogP contribution in [-0.4, -0.2) is 47.1 Å². The molecule has 2 atom stereocenters. The lowest BCUT2D eigenvalue weighted by atomic mass is 9.67. The highest BCUT2D eigenvalue weighted by Gasteiger charge is 2.43. The Labute approximate surface area is 219 Å². The summed E-state index contributed by atoms with van der Waals surface area (Å²) in [4.78, 5) is 15.1. The van der Waals surface area contributed by atoms with Crippen LogP contribution in [0.15, 0.2) is 24.4 Å². The molecule has 1 saturated carbocycles. The smallest absolute Gasteiger partial charge is 0.227 e. The SMILES string of the molecule is Cc1ccc([C@@H](C)Nc2nc(N3CC([C@H]4CCCN(C5CC(C)(C)C5)C4)C3)ncc2C(C)C)c(C)c1. The number of rotatable bonds is 7. The molecule has 5 nitrogen and oxygen atoms in total. The first-order valence-corrected chi connectivity index (χ1v) is 14.3. The zero-order valence-electron chi connectivity index (χ0n) is 23.6. The number of anilines is 2. The Bertz CT molecular complexity index is 1060. The third-order valence-electron chi connectivity index (χ3n) is 9.11. The maximum atomic E-state index is 5.08. The van der Waals surface area contributed by atoms with Crippen LogP contribution in [0.3, 0.4) is 0 Å². The molecule has 1 N–H and O–H groups in total. The van der Waals surface area contributed by atoms with Gasteiger partial charge in [-0.1, -0.05) is 51.5 Å². The summed E-state index contributed by atoms with van der Waals surface area (Å²) in [5, 5.41) is 3.74. The third kappa shape index (κ3) is 5.27. The lowest BCUT2D eigenvalue weighted by Gasteiger charge is -2.53. The molecule has 3 aliphatic rings. The van der Waals surface area contributed by atoms with E-state index in [1.807, 2.05) is 0 Å². The van der Waals surface area contributed by atoms with Crippen molar-refractivity contribution in [3.8, 4) is 0 Å². The van der Waals surface area contributed by atoms with Gasteiger partial charge in [-0.25, -0.2) is 4.98 Å². The fraction of sp³-hybridized carbons (Fsp3) is 0.677. The van der Waals surface area contributed by atoms with E-state index in [1.54, 1.807) is 0 Å². The van der Waals surface area contributed by atoms with Gasteiger partial charge in [0.25, 0.3) is 0 Å². The number of likely N-dealkylation sites (tertiary alicyclic amines) is 1. The Morgan fingerprint density at radius 1 is 1.00 bits per heavy atom. The summed E-state index contributed by atoms with van der Waals surface area (Å²) in [6.07, 6.45) is 7.56. The largest absolute Gasteiger partial charge is 0.363 e. The van der Waals surface area contributed by atoms with Crippen LogP contribution in [0, 0.1) is 31.1 Å². The fourth-order valence-corrected chi connectivity index (χ4v) is 6.87. The molecule has 1 aromatic heterocycles. The zero-order valence-corrected chi connectivity index (χ0v) is 23.6. The molecule has 0 radical (unpaired) electrons. The van der Waals surface area contributed by atoms with Crippen LogP contribution >= 0.6 is 0 Å². The number of aryl methyl sites for hydroxylation is 2. The lowest BCUT2D eigenvalue weighted by Crippen LogP contribution is -2.57. The van der Waals surface area contributed by atoms with E-state index in [9.17, 15) is 0 Å². The average Bonchev–Trinajstić information content (AvgIpc) is 2.76. The molecule has 3 heterocycles. The molecule has 0 unspecified atom stereocenters. The highest BCUT2D eigenvalue weighted by molar-refractivity contribution is 5.52. The van der Waals surface area contributed by atoms with E-state index < -0.39 is 0 Å². The van der Waals surface area contributed by atoms with Crippen molar-refractivity contribution >= 4 is 11.8 Å². The van der Waals surface area contributed by atoms with Gasteiger partial charge >= 0.3 is 0 Å². The molecule has 1 aromatic carbocycles. The Hall–Kier alpha value is -2.14. The lowest BCUT2D eigenvalue weighted by molar-refractivity contribution is -0.00913. The van der Waals surface area contributed by atoms with Crippen molar-refractivity contribution in [2.75, 3.05) is 36.4 Å². The Kier molecular flexibility index (Phi) is 7.06. The molecule has 5 heteroatoms. The first-order chi connectivity index (χ1) is 17.1. The maximum Gasteiger partial charge on any atom is 0.227 e. The summed E-state index contributed by atoms with van der Waals surface area (Å²) >= 11 is 0. The summed E-state index contributed by atoms with van der Waals surface area (Å²) in [6, 6.07) is 7.74. The predicted molar refractivity (Wildman–Crippen MR) is 151 cm³/mol. The van der Waals surface area contributed by atoms with Crippen molar-refractivity contribution in [3.63, 3.8) is 0 Å². The standard InChI is InChI=1S/C31H47N5/c1-20(2)28-16-32-30(34-29(28)33-23(5)27-11-10-21(3)13-22(27)4)36-18-25(19-36)24-9-8-12-35(17-24)26-14-31(6,7)15-26/h10-11,13,16,20,23-26H,8-9,12,14-15,17-19H2,1-7H3,(H,32,33,34)/t23-,24+/m1/s1. The molecule has 3 fully saturated rings. The molecule has 0 spiro atoms. The van der Waals surface area contributed by atoms with Crippen LogP contribution in [0.5, 0.6) is 0 Å². The molecule has 1 aliphatic carbocycles. The highest BCUT2D eigenvalue weighted by atomic mass is 15.3. The molecule has 36 heavy (non-hydrogen) atoms. The van der Waals surface area contributed by atoms with Crippen LogP contribution in [0.2, 0.25) is 0 Å². The van der Waals surface area contributed by atoms with E-state index in [1.165, 1.54) is 61.0 Å². The van der Waals surface area contributed by atoms with Gasteiger partial charge in [0.2, 0.25) is 5.95 Å². The normalized spacial score (nSPS) is 23.9. The minimum atomic E-state index is 0.194. The molecule has 2 aromatic rings.